The van der Waals surface area contributed by atoms with Gasteiger partial charge < -0.3 is 10.8 Å². The molecule has 0 spiro atoms. The molecule has 0 unspecified atom stereocenters. The second-order valence-corrected chi connectivity index (χ2v) is 5.23. The van der Waals surface area contributed by atoms with Crippen LogP contribution in [0.2, 0.25) is 0 Å². The number of rotatable bonds is 2. The highest BCUT2D eigenvalue weighted by atomic mass is 32.2. The normalized spacial score (nSPS) is 17.4. The van der Waals surface area contributed by atoms with Crippen LogP contribution in [-0.4, -0.2) is 19.5 Å². The molecule has 0 saturated heterocycles. The van der Waals surface area contributed by atoms with Crippen molar-refractivity contribution in [3.05, 3.63) is 46.2 Å². The van der Waals surface area contributed by atoms with E-state index in [0.717, 1.165) is 10.8 Å². The minimum Gasteiger partial charge on any atom is -0.478 e. The lowest BCUT2D eigenvalue weighted by Crippen LogP contribution is -2.01. The fourth-order valence-electron chi connectivity index (χ4n) is 1.58. The first-order valence-corrected chi connectivity index (χ1v) is 6.28. The Hall–Kier alpha value is -2.08. The second-order valence-electron chi connectivity index (χ2n) is 3.58. The van der Waals surface area contributed by atoms with Gasteiger partial charge in [0.2, 0.25) is 0 Å². The van der Waals surface area contributed by atoms with Crippen molar-refractivity contribution in [2.45, 2.75) is 0 Å². The van der Waals surface area contributed by atoms with Gasteiger partial charge in [-0.3, -0.25) is 0 Å². The van der Waals surface area contributed by atoms with E-state index in [1.165, 1.54) is 6.07 Å². The van der Waals surface area contributed by atoms with Gasteiger partial charge in [0, 0.05) is 16.7 Å². The Morgan fingerprint density at radius 1 is 1.24 bits per heavy atom. The zero-order chi connectivity index (χ0) is 12.6. The molecule has 1 aromatic carbocycles. The molecule has 1 aromatic rings. The summed E-state index contributed by atoms with van der Waals surface area (Å²) in [6, 6.07) is 6.41. The van der Waals surface area contributed by atoms with Crippen molar-refractivity contribution in [2.75, 3.05) is 5.73 Å². The predicted octanol–water partition coefficient (Wildman–Crippen LogP) is 1.01. The Balaban J connectivity index is 2.60. The minimum atomic E-state index is -3.60. The van der Waals surface area contributed by atoms with Gasteiger partial charge >= 0.3 is 5.97 Å². The van der Waals surface area contributed by atoms with Gasteiger partial charge in [-0.25, -0.2) is 13.2 Å². The zero-order valence-electron chi connectivity index (χ0n) is 8.62. The summed E-state index contributed by atoms with van der Waals surface area (Å²) in [6.07, 6.45) is 0. The third kappa shape index (κ3) is 2.21. The molecule has 0 saturated carbocycles. The van der Waals surface area contributed by atoms with Gasteiger partial charge in [0.15, 0.2) is 9.84 Å². The summed E-state index contributed by atoms with van der Waals surface area (Å²) < 4.78 is 22.7. The number of nitrogens with two attached hydrogens (primary N) is 1. The number of sulfone groups is 1. The van der Waals surface area contributed by atoms with Crippen molar-refractivity contribution in [3.63, 3.8) is 0 Å². The largest absolute Gasteiger partial charge is 0.478 e. The minimum absolute atomic E-state index is 0.157. The van der Waals surface area contributed by atoms with Gasteiger partial charge in [0.1, 0.15) is 0 Å². The number of anilines is 1. The average Bonchev–Trinajstić information content (AvgIpc) is 2.55. The topological polar surface area (TPSA) is 97.5 Å². The fourth-order valence-corrected chi connectivity index (χ4v) is 2.80. The third-order valence-corrected chi connectivity index (χ3v) is 3.41. The summed E-state index contributed by atoms with van der Waals surface area (Å²) in [4.78, 5) is 11.0. The maximum Gasteiger partial charge on any atom is 0.337 e. The van der Waals surface area contributed by atoms with Crippen molar-refractivity contribution >= 4 is 27.1 Å². The molecule has 0 amide bonds. The van der Waals surface area contributed by atoms with Gasteiger partial charge in [-0.1, -0.05) is 12.1 Å². The summed E-state index contributed by atoms with van der Waals surface area (Å²) in [5, 5.41) is 10.6. The monoisotopic (exact) mass is 251 g/mol. The molecule has 17 heavy (non-hydrogen) atoms. The molecule has 0 bridgehead atoms. The van der Waals surface area contributed by atoms with Crippen molar-refractivity contribution in [1.82, 2.24) is 0 Å². The second kappa shape index (κ2) is 3.74. The summed E-state index contributed by atoms with van der Waals surface area (Å²) in [5.74, 6) is -1.28. The Morgan fingerprint density at radius 3 is 2.53 bits per heavy atom. The molecule has 0 aliphatic carbocycles. The molecular formula is C11H9NO4S. The molecule has 0 fully saturated rings. The summed E-state index contributed by atoms with van der Waals surface area (Å²) in [7, 11) is -3.60. The van der Waals surface area contributed by atoms with Crippen molar-refractivity contribution in [3.8, 4) is 0 Å². The Bertz CT molecular complexity index is 656. The highest BCUT2D eigenvalue weighted by molar-refractivity contribution is 7.97. The van der Waals surface area contributed by atoms with Gasteiger partial charge in [-0.15, -0.1) is 0 Å². The molecular weight excluding hydrogens is 242 g/mol. The molecule has 1 aliphatic heterocycles. The Kier molecular flexibility index (Phi) is 2.51. The van der Waals surface area contributed by atoms with Gasteiger partial charge in [0.05, 0.1) is 11.0 Å². The summed E-state index contributed by atoms with van der Waals surface area (Å²) >= 11 is 0. The van der Waals surface area contributed by atoms with E-state index in [0.29, 0.717) is 11.3 Å². The standard InChI is InChI=1S/C11H9NO4S/c12-8-3-1-2-7(4-8)9-5-17(15,16)6-10(9)11(13)14/h1-6H,12H2,(H,13,14). The van der Waals surface area contributed by atoms with Crippen LogP contribution in [0.5, 0.6) is 0 Å². The summed E-state index contributed by atoms with van der Waals surface area (Å²) in [6.45, 7) is 0. The zero-order valence-corrected chi connectivity index (χ0v) is 9.44. The number of carboxylic acid groups (broad SMARTS) is 1. The molecule has 6 heteroatoms. The van der Waals surface area contributed by atoms with E-state index >= 15 is 0 Å². The van der Waals surface area contributed by atoms with Crippen LogP contribution in [0.4, 0.5) is 5.69 Å². The van der Waals surface area contributed by atoms with E-state index in [9.17, 15) is 13.2 Å². The highest BCUT2D eigenvalue weighted by Crippen LogP contribution is 2.31. The Labute approximate surface area is 97.8 Å². The van der Waals surface area contributed by atoms with E-state index in [4.69, 9.17) is 10.8 Å². The molecule has 3 N–H and O–H groups in total. The maximum absolute atomic E-state index is 11.4. The number of hydrogen-bond acceptors (Lipinski definition) is 4. The van der Waals surface area contributed by atoms with E-state index < -0.39 is 15.8 Å². The highest BCUT2D eigenvalue weighted by Gasteiger charge is 2.26. The van der Waals surface area contributed by atoms with Gasteiger partial charge in [-0.2, -0.15) is 0 Å². The number of aliphatic carboxylic acids is 1. The lowest BCUT2D eigenvalue weighted by molar-refractivity contribution is -0.132. The fraction of sp³-hybridized carbons (Fsp3) is 0. The maximum atomic E-state index is 11.4. The molecule has 88 valence electrons. The lowest BCUT2D eigenvalue weighted by Gasteiger charge is -2.04. The van der Waals surface area contributed by atoms with Crippen LogP contribution in [0, 0.1) is 0 Å². The lowest BCUT2D eigenvalue weighted by atomic mass is 10.0. The number of carbonyl (C=O) groups is 1. The number of benzene rings is 1. The SMILES string of the molecule is Nc1cccc(C2=CS(=O)(=O)C=C2C(=O)O)c1. The van der Waals surface area contributed by atoms with Gasteiger partial charge in [0.25, 0.3) is 0 Å². The van der Waals surface area contributed by atoms with Crippen LogP contribution in [0.15, 0.2) is 40.7 Å². The van der Waals surface area contributed by atoms with Crippen molar-refractivity contribution in [2.24, 2.45) is 0 Å². The first-order chi connectivity index (χ1) is 7.89. The first-order valence-electron chi connectivity index (χ1n) is 4.67. The smallest absolute Gasteiger partial charge is 0.337 e. The summed E-state index contributed by atoms with van der Waals surface area (Å²) in [5.41, 5.74) is 6.40. The van der Waals surface area contributed by atoms with E-state index in [-0.39, 0.29) is 11.1 Å². The molecule has 0 aromatic heterocycles. The van der Waals surface area contributed by atoms with Crippen LogP contribution in [0.25, 0.3) is 5.57 Å². The van der Waals surface area contributed by atoms with Crippen molar-refractivity contribution < 1.29 is 18.3 Å². The molecule has 1 heterocycles. The van der Waals surface area contributed by atoms with E-state index in [2.05, 4.69) is 0 Å². The van der Waals surface area contributed by atoms with Crippen molar-refractivity contribution in [1.29, 1.82) is 0 Å². The molecule has 1 aliphatic rings. The molecule has 0 atom stereocenters. The van der Waals surface area contributed by atoms with E-state index in [1.54, 1.807) is 18.2 Å². The molecule has 5 nitrogen and oxygen atoms in total. The predicted molar refractivity (Wildman–Crippen MR) is 63.5 cm³/mol. The molecule has 2 rings (SSSR count). The number of hydrogen-bond donors (Lipinski definition) is 2. The van der Waals surface area contributed by atoms with Crippen LogP contribution in [0.3, 0.4) is 0 Å². The van der Waals surface area contributed by atoms with Gasteiger partial charge in [-0.05, 0) is 17.7 Å². The quantitative estimate of drug-likeness (QED) is 0.764. The average molecular weight is 251 g/mol. The molecule has 0 radical (unpaired) electrons. The van der Waals surface area contributed by atoms with Crippen LogP contribution in [0.1, 0.15) is 5.56 Å². The third-order valence-electron chi connectivity index (χ3n) is 2.28. The van der Waals surface area contributed by atoms with Crippen LogP contribution < -0.4 is 5.73 Å². The van der Waals surface area contributed by atoms with Crippen LogP contribution in [-0.2, 0) is 14.6 Å². The van der Waals surface area contributed by atoms with E-state index in [1.807, 2.05) is 0 Å². The number of nitrogen functional groups attached to an aromatic ring is 1. The first kappa shape index (κ1) is 11.4. The van der Waals surface area contributed by atoms with Crippen LogP contribution >= 0.6 is 0 Å². The Morgan fingerprint density at radius 2 is 1.94 bits per heavy atom. The number of carboxylic acids is 1.